The number of hydrogen-bond acceptors (Lipinski definition) is 3. The zero-order chi connectivity index (χ0) is 16.7. The van der Waals surface area contributed by atoms with Gasteiger partial charge in [-0.2, -0.15) is 0 Å². The lowest BCUT2D eigenvalue weighted by Crippen LogP contribution is -2.20. The Balaban J connectivity index is 2.25. The van der Waals surface area contributed by atoms with Crippen LogP contribution in [0.3, 0.4) is 0 Å². The van der Waals surface area contributed by atoms with Gasteiger partial charge in [0.05, 0.1) is 17.0 Å². The van der Waals surface area contributed by atoms with Crippen LogP contribution in [0.5, 0.6) is 5.75 Å². The van der Waals surface area contributed by atoms with Crippen LogP contribution in [0.15, 0.2) is 12.1 Å². The standard InChI is InChI=1S/C17H18ClNO4/c1-9-11(8-14(21)22)15-12(6-7-13(20)16(15)18)19(9)17(23)10-4-2-3-5-10/h6-7,10,20H,2-5,8H2,1H3,(H,21,22). The molecule has 122 valence electrons. The molecule has 0 aliphatic heterocycles. The number of carbonyl (C=O) groups is 2. The summed E-state index contributed by atoms with van der Waals surface area (Å²) in [6, 6.07) is 3.06. The summed E-state index contributed by atoms with van der Waals surface area (Å²) in [6.07, 6.45) is 3.56. The Morgan fingerprint density at radius 3 is 2.57 bits per heavy atom. The number of hydrogen-bond donors (Lipinski definition) is 2. The van der Waals surface area contributed by atoms with Crippen molar-refractivity contribution in [1.29, 1.82) is 0 Å². The molecule has 0 radical (unpaired) electrons. The van der Waals surface area contributed by atoms with Gasteiger partial charge in [0.15, 0.2) is 0 Å². The van der Waals surface area contributed by atoms with E-state index in [2.05, 4.69) is 0 Å². The van der Waals surface area contributed by atoms with Gasteiger partial charge >= 0.3 is 5.97 Å². The molecule has 1 fully saturated rings. The number of aromatic hydroxyl groups is 1. The fraction of sp³-hybridized carbons (Fsp3) is 0.412. The first kappa shape index (κ1) is 15.9. The van der Waals surface area contributed by atoms with Crippen LogP contribution in [0.4, 0.5) is 0 Å². The van der Waals surface area contributed by atoms with E-state index >= 15 is 0 Å². The average molecular weight is 336 g/mol. The van der Waals surface area contributed by atoms with Crippen molar-refractivity contribution in [3.63, 3.8) is 0 Å². The van der Waals surface area contributed by atoms with Crippen molar-refractivity contribution >= 4 is 34.4 Å². The predicted octanol–water partition coefficient (Wildman–Crippen LogP) is 3.77. The zero-order valence-corrected chi connectivity index (χ0v) is 13.6. The quantitative estimate of drug-likeness (QED) is 0.894. The predicted molar refractivity (Wildman–Crippen MR) is 87.3 cm³/mol. The molecule has 0 unspecified atom stereocenters. The first-order chi connectivity index (χ1) is 10.9. The van der Waals surface area contributed by atoms with E-state index in [1.807, 2.05) is 0 Å². The third kappa shape index (κ3) is 2.59. The van der Waals surface area contributed by atoms with Crippen molar-refractivity contribution in [3.05, 3.63) is 28.4 Å². The maximum Gasteiger partial charge on any atom is 0.307 e. The minimum absolute atomic E-state index is 0.0107. The first-order valence-electron chi connectivity index (χ1n) is 7.69. The molecule has 23 heavy (non-hydrogen) atoms. The topological polar surface area (TPSA) is 79.5 Å². The van der Waals surface area contributed by atoms with Crippen LogP contribution in [-0.4, -0.2) is 26.7 Å². The number of aliphatic carboxylic acids is 1. The molecule has 3 rings (SSSR count). The maximum atomic E-state index is 12.9. The second kappa shape index (κ2) is 5.89. The van der Waals surface area contributed by atoms with Crippen molar-refractivity contribution in [2.75, 3.05) is 0 Å². The smallest absolute Gasteiger partial charge is 0.307 e. The van der Waals surface area contributed by atoms with Crippen LogP contribution in [0.2, 0.25) is 5.02 Å². The largest absolute Gasteiger partial charge is 0.506 e. The van der Waals surface area contributed by atoms with Crippen molar-refractivity contribution in [2.24, 2.45) is 5.92 Å². The molecule has 0 spiro atoms. The molecule has 0 amide bonds. The SMILES string of the molecule is Cc1c(CC(=O)O)c2c(Cl)c(O)ccc2n1C(=O)C1CCCC1. The van der Waals surface area contributed by atoms with Crippen LogP contribution in [-0.2, 0) is 11.2 Å². The van der Waals surface area contributed by atoms with Gasteiger partial charge in [0.2, 0.25) is 5.91 Å². The number of carboxylic acid groups (broad SMARTS) is 1. The minimum Gasteiger partial charge on any atom is -0.506 e. The van der Waals surface area contributed by atoms with Crippen LogP contribution >= 0.6 is 11.6 Å². The number of fused-ring (bicyclic) bond motifs is 1. The molecule has 1 aromatic heterocycles. The summed E-state index contributed by atoms with van der Waals surface area (Å²) in [5.41, 5.74) is 1.64. The van der Waals surface area contributed by atoms with Crippen molar-refractivity contribution in [1.82, 2.24) is 4.57 Å². The lowest BCUT2D eigenvalue weighted by atomic mass is 10.1. The Bertz CT molecular complexity index is 803. The summed E-state index contributed by atoms with van der Waals surface area (Å²) in [7, 11) is 0. The van der Waals surface area contributed by atoms with Crippen molar-refractivity contribution < 1.29 is 19.8 Å². The second-order valence-corrected chi connectivity index (χ2v) is 6.46. The number of halogens is 1. The van der Waals surface area contributed by atoms with Crippen molar-refractivity contribution in [3.8, 4) is 5.75 Å². The number of phenolic OH excluding ortho intramolecular Hbond substituents is 1. The van der Waals surface area contributed by atoms with E-state index in [0.29, 0.717) is 22.2 Å². The number of nitrogens with zero attached hydrogens (tertiary/aromatic N) is 1. The van der Waals surface area contributed by atoms with Gasteiger partial charge < -0.3 is 10.2 Å². The number of aromatic nitrogens is 1. The van der Waals surface area contributed by atoms with Crippen molar-refractivity contribution in [2.45, 2.75) is 39.0 Å². The normalized spacial score (nSPS) is 15.4. The average Bonchev–Trinajstić information content (AvgIpc) is 3.10. The van der Waals surface area contributed by atoms with E-state index in [-0.39, 0.29) is 29.0 Å². The highest BCUT2D eigenvalue weighted by Gasteiger charge is 2.29. The lowest BCUT2D eigenvalue weighted by Gasteiger charge is -2.12. The third-order valence-electron chi connectivity index (χ3n) is 4.67. The Hall–Kier alpha value is -2.01. The van der Waals surface area contributed by atoms with E-state index in [9.17, 15) is 19.8 Å². The number of rotatable bonds is 3. The molecule has 1 aromatic carbocycles. The number of carboxylic acids is 1. The highest BCUT2D eigenvalue weighted by atomic mass is 35.5. The molecule has 5 nitrogen and oxygen atoms in total. The summed E-state index contributed by atoms with van der Waals surface area (Å²) >= 11 is 6.20. The van der Waals surface area contributed by atoms with Crippen LogP contribution in [0.1, 0.15) is 41.7 Å². The van der Waals surface area contributed by atoms with E-state index in [1.165, 1.54) is 6.07 Å². The van der Waals surface area contributed by atoms with Gasteiger partial charge in [-0.25, -0.2) is 0 Å². The summed E-state index contributed by atoms with van der Waals surface area (Å²) in [5, 5.41) is 19.6. The van der Waals surface area contributed by atoms with Crippen LogP contribution in [0, 0.1) is 12.8 Å². The third-order valence-corrected chi connectivity index (χ3v) is 5.05. The molecular weight excluding hydrogens is 318 g/mol. The fourth-order valence-corrected chi connectivity index (χ4v) is 3.81. The molecule has 2 aromatic rings. The molecule has 0 atom stereocenters. The van der Waals surface area contributed by atoms with E-state index in [4.69, 9.17) is 11.6 Å². The molecular formula is C17H18ClNO4. The summed E-state index contributed by atoms with van der Waals surface area (Å²) < 4.78 is 1.58. The summed E-state index contributed by atoms with van der Waals surface area (Å²) in [4.78, 5) is 24.1. The lowest BCUT2D eigenvalue weighted by molar-refractivity contribution is -0.136. The highest BCUT2D eigenvalue weighted by molar-refractivity contribution is 6.37. The second-order valence-electron chi connectivity index (χ2n) is 6.08. The summed E-state index contributed by atoms with van der Waals surface area (Å²) in [5.74, 6) is -1.16. The molecule has 1 heterocycles. The molecule has 6 heteroatoms. The molecule has 2 N–H and O–H groups in total. The van der Waals surface area contributed by atoms with Gasteiger partial charge in [0, 0.05) is 17.0 Å². The summed E-state index contributed by atoms with van der Waals surface area (Å²) in [6.45, 7) is 1.73. The molecule has 1 aliphatic carbocycles. The monoisotopic (exact) mass is 335 g/mol. The van der Waals surface area contributed by atoms with Gasteiger partial charge in [-0.05, 0) is 37.5 Å². The van der Waals surface area contributed by atoms with Gasteiger partial charge in [-0.3, -0.25) is 14.2 Å². The highest BCUT2D eigenvalue weighted by Crippen LogP contribution is 2.39. The zero-order valence-electron chi connectivity index (χ0n) is 12.8. The number of carbonyl (C=O) groups excluding carboxylic acids is 1. The molecule has 0 saturated heterocycles. The van der Waals surface area contributed by atoms with E-state index in [1.54, 1.807) is 17.6 Å². The minimum atomic E-state index is -1.00. The van der Waals surface area contributed by atoms with E-state index < -0.39 is 5.97 Å². The number of phenols is 1. The van der Waals surface area contributed by atoms with Gasteiger partial charge in [0.1, 0.15) is 5.75 Å². The van der Waals surface area contributed by atoms with E-state index in [0.717, 1.165) is 25.7 Å². The van der Waals surface area contributed by atoms with Gasteiger partial charge in [0.25, 0.3) is 0 Å². The Labute approximate surface area is 138 Å². The molecule has 1 aliphatic rings. The Morgan fingerprint density at radius 2 is 1.96 bits per heavy atom. The first-order valence-corrected chi connectivity index (χ1v) is 8.07. The van der Waals surface area contributed by atoms with Gasteiger partial charge in [-0.1, -0.05) is 24.4 Å². The fourth-order valence-electron chi connectivity index (χ4n) is 3.53. The molecule has 0 bridgehead atoms. The van der Waals surface area contributed by atoms with Crippen LogP contribution in [0.25, 0.3) is 10.9 Å². The number of benzene rings is 1. The van der Waals surface area contributed by atoms with Crippen LogP contribution < -0.4 is 0 Å². The molecule has 1 saturated carbocycles. The maximum absolute atomic E-state index is 12.9. The Kier molecular flexibility index (Phi) is 4.06. The Morgan fingerprint density at radius 1 is 1.30 bits per heavy atom. The van der Waals surface area contributed by atoms with Gasteiger partial charge in [-0.15, -0.1) is 0 Å².